The van der Waals surface area contributed by atoms with Crippen LogP contribution in [-0.4, -0.2) is 96.7 Å². The topological polar surface area (TPSA) is 237 Å². The number of hydrogen-bond acceptors (Lipinski definition) is 15. The molecule has 0 aromatic carbocycles. The van der Waals surface area contributed by atoms with Crippen molar-refractivity contribution < 1.29 is 80.2 Å². The Morgan fingerprint density at radius 2 is 0.484 bits per heavy atom. The van der Waals surface area contributed by atoms with Crippen LogP contribution in [0.15, 0.2) is 0 Å². The molecule has 95 heavy (non-hydrogen) atoms. The van der Waals surface area contributed by atoms with Gasteiger partial charge in [0.25, 0.3) is 0 Å². The normalized spacial score (nSPS) is 13.9. The summed E-state index contributed by atoms with van der Waals surface area (Å²) < 4.78 is 68.5. The van der Waals surface area contributed by atoms with Gasteiger partial charge in [-0.3, -0.25) is 37.3 Å². The lowest BCUT2D eigenvalue weighted by Crippen LogP contribution is -2.30. The Labute approximate surface area is 581 Å². The maximum atomic E-state index is 13.1. The molecule has 0 rings (SSSR count). The summed E-state index contributed by atoms with van der Waals surface area (Å²) in [5.41, 5.74) is 0. The summed E-state index contributed by atoms with van der Waals surface area (Å²) >= 11 is 0. The Balaban J connectivity index is 5.23. The van der Waals surface area contributed by atoms with Crippen molar-refractivity contribution in [1.82, 2.24) is 0 Å². The maximum Gasteiger partial charge on any atom is 0.472 e. The van der Waals surface area contributed by atoms with Crippen molar-refractivity contribution in [2.75, 3.05) is 39.6 Å². The molecular formula is C76H148O17P2. The number of rotatable bonds is 76. The minimum Gasteiger partial charge on any atom is -0.462 e. The molecule has 0 bridgehead atoms. The largest absolute Gasteiger partial charge is 0.472 e. The molecule has 0 spiro atoms. The van der Waals surface area contributed by atoms with Crippen LogP contribution in [0.25, 0.3) is 0 Å². The number of aliphatic hydroxyl groups excluding tert-OH is 1. The van der Waals surface area contributed by atoms with Gasteiger partial charge in [0.05, 0.1) is 26.4 Å². The fourth-order valence-electron chi connectivity index (χ4n) is 11.7. The number of ether oxygens (including phenoxy) is 4. The molecule has 3 N–H and O–H groups in total. The number of aliphatic hydroxyl groups is 1. The van der Waals surface area contributed by atoms with Crippen LogP contribution >= 0.6 is 15.6 Å². The fraction of sp³-hybridized carbons (Fsp3) is 0.947. The molecule has 0 aromatic rings. The predicted octanol–water partition coefficient (Wildman–Crippen LogP) is 22.5. The quantitative estimate of drug-likeness (QED) is 0.0222. The minimum atomic E-state index is -4.96. The summed E-state index contributed by atoms with van der Waals surface area (Å²) in [6.45, 7) is 7.27. The molecule has 19 heteroatoms. The maximum absolute atomic E-state index is 13.1. The second kappa shape index (κ2) is 69.2. The molecule has 17 nitrogen and oxygen atoms in total. The first-order chi connectivity index (χ1) is 46.0. The molecule has 0 amide bonds. The average Bonchev–Trinajstić information content (AvgIpc) is 1.62. The molecule has 0 heterocycles. The van der Waals surface area contributed by atoms with E-state index >= 15 is 0 Å². The highest BCUT2D eigenvalue weighted by atomic mass is 31.2. The molecule has 0 aliphatic heterocycles. The number of carbonyl (C=O) groups excluding carboxylic acids is 4. The Kier molecular flexibility index (Phi) is 67.7. The molecule has 0 saturated carbocycles. The van der Waals surface area contributed by atoms with Gasteiger partial charge in [-0.05, 0) is 31.6 Å². The van der Waals surface area contributed by atoms with Crippen molar-refractivity contribution in [3.63, 3.8) is 0 Å². The number of phosphoric ester groups is 2. The number of phosphoric acid groups is 2. The zero-order valence-electron chi connectivity index (χ0n) is 61.8. The number of unbranched alkanes of at least 4 members (excludes halogenated alkanes) is 48. The van der Waals surface area contributed by atoms with Crippen LogP contribution in [0.5, 0.6) is 0 Å². The average molecular weight is 1400 g/mol. The molecule has 0 radical (unpaired) electrons. The summed E-state index contributed by atoms with van der Waals surface area (Å²) in [6, 6.07) is 0. The highest BCUT2D eigenvalue weighted by Crippen LogP contribution is 2.45. The first-order valence-corrected chi connectivity index (χ1v) is 42.6. The van der Waals surface area contributed by atoms with Crippen LogP contribution in [0, 0.1) is 5.92 Å². The van der Waals surface area contributed by atoms with Crippen molar-refractivity contribution in [1.29, 1.82) is 0 Å². The molecule has 564 valence electrons. The third kappa shape index (κ3) is 70.3. The monoisotopic (exact) mass is 1400 g/mol. The van der Waals surface area contributed by atoms with Gasteiger partial charge >= 0.3 is 39.5 Å². The van der Waals surface area contributed by atoms with Gasteiger partial charge in [0.2, 0.25) is 0 Å². The highest BCUT2D eigenvalue weighted by molar-refractivity contribution is 7.47. The Hall–Kier alpha value is -1.94. The van der Waals surface area contributed by atoms with Crippen molar-refractivity contribution in [2.24, 2.45) is 5.92 Å². The summed E-state index contributed by atoms with van der Waals surface area (Å²) in [5, 5.41) is 10.6. The lowest BCUT2D eigenvalue weighted by molar-refractivity contribution is -0.161. The van der Waals surface area contributed by atoms with E-state index in [1.807, 2.05) is 0 Å². The number of carbonyl (C=O) groups is 4. The molecule has 0 fully saturated rings. The number of hydrogen-bond donors (Lipinski definition) is 3. The Bertz CT molecular complexity index is 1820. The molecule has 0 aliphatic carbocycles. The molecule has 2 unspecified atom stereocenters. The molecule has 0 aromatic heterocycles. The molecule has 5 atom stereocenters. The van der Waals surface area contributed by atoms with Gasteiger partial charge in [0.1, 0.15) is 19.3 Å². The summed E-state index contributed by atoms with van der Waals surface area (Å²) in [4.78, 5) is 72.8. The van der Waals surface area contributed by atoms with Gasteiger partial charge in [0.15, 0.2) is 12.2 Å². The van der Waals surface area contributed by atoms with E-state index in [1.54, 1.807) is 0 Å². The van der Waals surface area contributed by atoms with Crippen molar-refractivity contribution in [3.8, 4) is 0 Å². The highest BCUT2D eigenvalue weighted by Gasteiger charge is 2.30. The van der Waals surface area contributed by atoms with E-state index in [9.17, 15) is 43.2 Å². The first-order valence-electron chi connectivity index (χ1n) is 39.6. The second-order valence-corrected chi connectivity index (χ2v) is 30.8. The predicted molar refractivity (Wildman–Crippen MR) is 386 cm³/mol. The van der Waals surface area contributed by atoms with E-state index in [1.165, 1.54) is 225 Å². The van der Waals surface area contributed by atoms with Gasteiger partial charge in [-0.2, -0.15) is 0 Å². The van der Waals surface area contributed by atoms with E-state index in [0.717, 1.165) is 95.8 Å². The van der Waals surface area contributed by atoms with Gasteiger partial charge in [0, 0.05) is 25.7 Å². The van der Waals surface area contributed by atoms with Gasteiger partial charge in [-0.15, -0.1) is 0 Å². The zero-order valence-corrected chi connectivity index (χ0v) is 63.6. The number of esters is 4. The van der Waals surface area contributed by atoms with Gasteiger partial charge in [-0.1, -0.05) is 349 Å². The van der Waals surface area contributed by atoms with Crippen LogP contribution in [0.1, 0.15) is 401 Å². The van der Waals surface area contributed by atoms with Crippen LogP contribution in [0.3, 0.4) is 0 Å². The Morgan fingerprint density at radius 3 is 0.716 bits per heavy atom. The van der Waals surface area contributed by atoms with E-state index in [0.29, 0.717) is 25.7 Å². The van der Waals surface area contributed by atoms with Crippen LogP contribution < -0.4 is 0 Å². The molecule has 0 aliphatic rings. The van der Waals surface area contributed by atoms with Crippen molar-refractivity contribution in [3.05, 3.63) is 0 Å². The minimum absolute atomic E-state index is 0.106. The molecular weight excluding hydrogens is 1250 g/mol. The van der Waals surface area contributed by atoms with E-state index in [4.69, 9.17) is 37.0 Å². The third-order valence-corrected chi connectivity index (χ3v) is 19.7. The lowest BCUT2D eigenvalue weighted by atomic mass is 10.0. The first kappa shape index (κ1) is 93.1. The van der Waals surface area contributed by atoms with Crippen LogP contribution in [0.4, 0.5) is 0 Å². The SMILES string of the molecule is CCCCCCCCCCCCCCCCCCCCCC(=O)O[C@H](COC(=O)CCCCCCCCCCCCCCC)COP(=O)(O)OC[C@@H](O)COP(=O)(O)OC[C@@H](COC(=O)CCCCCCCCCCCCC)OC(=O)CCCCCCCCCCCC(C)C. The van der Waals surface area contributed by atoms with Crippen LogP contribution in [0.2, 0.25) is 0 Å². The van der Waals surface area contributed by atoms with Gasteiger partial charge in [-0.25, -0.2) is 9.13 Å². The van der Waals surface area contributed by atoms with Crippen LogP contribution in [-0.2, 0) is 65.4 Å². The smallest absolute Gasteiger partial charge is 0.462 e. The van der Waals surface area contributed by atoms with Crippen molar-refractivity contribution in [2.45, 2.75) is 419 Å². The third-order valence-electron chi connectivity index (χ3n) is 17.8. The second-order valence-electron chi connectivity index (χ2n) is 27.9. The standard InChI is InChI=1S/C76H148O17P2/c1-6-9-12-15-18-21-24-26-27-28-29-30-31-33-36-41-46-51-56-61-75(80)92-71(65-87-74(79)60-55-50-45-40-35-32-25-22-19-16-13-10-7-2)67-90-94(82,83)88-63-70(77)64-89-95(84,85)91-68-72(66-86-73(78)59-54-49-44-39-34-23-20-17-14-11-8-3)93-76(81)62-57-52-47-42-37-38-43-48-53-58-69(4)5/h69-72,77H,6-68H2,1-5H3,(H,82,83)(H,84,85)/t70-,71-,72-/m1/s1. The summed E-state index contributed by atoms with van der Waals surface area (Å²) in [6.07, 6.45) is 58.2. The lowest BCUT2D eigenvalue weighted by Gasteiger charge is -2.21. The van der Waals surface area contributed by atoms with Crippen molar-refractivity contribution >= 4 is 39.5 Å². The van der Waals surface area contributed by atoms with E-state index < -0.39 is 97.5 Å². The Morgan fingerprint density at radius 1 is 0.284 bits per heavy atom. The van der Waals surface area contributed by atoms with E-state index in [2.05, 4.69) is 34.6 Å². The summed E-state index contributed by atoms with van der Waals surface area (Å²) in [5.74, 6) is -1.38. The van der Waals surface area contributed by atoms with E-state index in [-0.39, 0.29) is 25.7 Å². The zero-order chi connectivity index (χ0) is 69.8. The molecule has 0 saturated heterocycles. The van der Waals surface area contributed by atoms with Gasteiger partial charge < -0.3 is 33.8 Å². The summed E-state index contributed by atoms with van der Waals surface area (Å²) in [7, 11) is -9.91. The fourth-order valence-corrected chi connectivity index (χ4v) is 13.3.